The van der Waals surface area contributed by atoms with Crippen molar-refractivity contribution in [3.05, 3.63) is 40.2 Å². The van der Waals surface area contributed by atoms with Crippen molar-refractivity contribution in [2.24, 2.45) is 0 Å². The molecule has 1 aromatic heterocycles. The molecule has 0 saturated carbocycles. The molecule has 2 heterocycles. The van der Waals surface area contributed by atoms with Crippen LogP contribution in [0.25, 0.3) is 0 Å². The summed E-state index contributed by atoms with van der Waals surface area (Å²) in [4.78, 5) is 2.06. The highest BCUT2D eigenvalue weighted by atomic mass is 32.1. The lowest BCUT2D eigenvalue weighted by atomic mass is 10.0. The van der Waals surface area contributed by atoms with Gasteiger partial charge in [0, 0.05) is 25.7 Å². The maximum absolute atomic E-state index is 13.3. The summed E-state index contributed by atoms with van der Waals surface area (Å²) in [5.74, 6) is -3.76. The molecule has 1 aliphatic rings. The molecule has 9 heteroatoms. The first-order valence-electron chi connectivity index (χ1n) is 7.41. The Morgan fingerprint density at radius 2 is 1.88 bits per heavy atom. The number of hydrogen-bond acceptors (Lipinski definition) is 6. The van der Waals surface area contributed by atoms with E-state index < -0.39 is 17.5 Å². The van der Waals surface area contributed by atoms with Gasteiger partial charge in [0.05, 0.1) is 0 Å². The average Bonchev–Trinajstić information content (AvgIpc) is 3.02. The molecule has 1 fully saturated rings. The van der Waals surface area contributed by atoms with Gasteiger partial charge in [-0.05, 0) is 30.5 Å². The normalized spacial score (nSPS) is 16.1. The predicted molar refractivity (Wildman–Crippen MR) is 82.9 cm³/mol. The van der Waals surface area contributed by atoms with Gasteiger partial charge in [0.2, 0.25) is 10.1 Å². The number of aromatic nitrogens is 2. The van der Waals surface area contributed by atoms with Crippen LogP contribution in [0.3, 0.4) is 0 Å². The minimum Gasteiger partial charge on any atom is -0.357 e. The van der Waals surface area contributed by atoms with Gasteiger partial charge in [0.1, 0.15) is 6.07 Å². The van der Waals surface area contributed by atoms with Gasteiger partial charge in [-0.25, -0.2) is 13.2 Å². The zero-order valence-corrected chi connectivity index (χ0v) is 13.4. The molecule has 0 aliphatic carbocycles. The molecule has 0 amide bonds. The summed E-state index contributed by atoms with van der Waals surface area (Å²) in [7, 11) is 0. The van der Waals surface area contributed by atoms with Gasteiger partial charge in [-0.2, -0.15) is 5.26 Å². The Bertz CT molecular complexity index is 742. The van der Waals surface area contributed by atoms with Crippen molar-refractivity contribution < 1.29 is 13.2 Å². The van der Waals surface area contributed by atoms with Crippen LogP contribution in [0.2, 0.25) is 0 Å². The highest BCUT2D eigenvalue weighted by Gasteiger charge is 2.21. The monoisotopic (exact) mass is 353 g/mol. The van der Waals surface area contributed by atoms with Crippen LogP contribution < -0.4 is 5.32 Å². The standard InChI is InChI=1S/C15H14F3N5S/c16-11-5-9(6-12(17)14(11)18)8-23-3-1-10(2-4-23)20-15-22-21-13(7-19)24-15/h5-6,10H,1-4,8H2,(H,20,22). The molecule has 1 aromatic carbocycles. The van der Waals surface area contributed by atoms with Crippen molar-refractivity contribution in [2.45, 2.75) is 25.4 Å². The molecule has 126 valence electrons. The summed E-state index contributed by atoms with van der Waals surface area (Å²) in [6.45, 7) is 1.85. The number of likely N-dealkylation sites (tertiary alicyclic amines) is 1. The summed E-state index contributed by atoms with van der Waals surface area (Å²) >= 11 is 1.21. The zero-order chi connectivity index (χ0) is 17.1. The molecule has 0 atom stereocenters. The van der Waals surface area contributed by atoms with Crippen molar-refractivity contribution >= 4 is 16.5 Å². The second-order valence-electron chi connectivity index (χ2n) is 5.59. The second-order valence-corrected chi connectivity index (χ2v) is 6.57. The lowest BCUT2D eigenvalue weighted by Gasteiger charge is -2.32. The number of hydrogen-bond donors (Lipinski definition) is 1. The Labute approximate surface area is 140 Å². The van der Waals surface area contributed by atoms with E-state index in [1.54, 1.807) is 0 Å². The van der Waals surface area contributed by atoms with Crippen LogP contribution >= 0.6 is 11.3 Å². The molecule has 24 heavy (non-hydrogen) atoms. The van der Waals surface area contributed by atoms with Crippen LogP contribution in [-0.4, -0.2) is 34.2 Å². The summed E-state index contributed by atoms with van der Waals surface area (Å²) in [5.41, 5.74) is 0.417. The van der Waals surface area contributed by atoms with Crippen molar-refractivity contribution in [1.29, 1.82) is 5.26 Å². The van der Waals surface area contributed by atoms with Gasteiger partial charge in [-0.3, -0.25) is 4.90 Å². The van der Waals surface area contributed by atoms with Crippen LogP contribution in [0, 0.1) is 28.8 Å². The minimum atomic E-state index is -1.43. The molecule has 0 radical (unpaired) electrons. The fraction of sp³-hybridized carbons (Fsp3) is 0.400. The van der Waals surface area contributed by atoms with Crippen LogP contribution in [0.4, 0.5) is 18.3 Å². The second kappa shape index (κ2) is 7.15. The third-order valence-corrected chi connectivity index (χ3v) is 4.64. The zero-order valence-electron chi connectivity index (χ0n) is 12.6. The summed E-state index contributed by atoms with van der Waals surface area (Å²) in [5, 5.41) is 20.5. The van der Waals surface area contributed by atoms with E-state index in [1.807, 2.05) is 6.07 Å². The van der Waals surface area contributed by atoms with Crippen molar-refractivity contribution in [1.82, 2.24) is 15.1 Å². The van der Waals surface area contributed by atoms with E-state index in [2.05, 4.69) is 20.4 Å². The van der Waals surface area contributed by atoms with Gasteiger partial charge in [-0.1, -0.05) is 11.3 Å². The molecule has 5 nitrogen and oxygen atoms in total. The predicted octanol–water partition coefficient (Wildman–Crippen LogP) is 2.90. The van der Waals surface area contributed by atoms with Crippen LogP contribution in [0.1, 0.15) is 23.4 Å². The molecular formula is C15H14F3N5S. The fourth-order valence-corrected chi connectivity index (χ4v) is 3.31. The smallest absolute Gasteiger partial charge is 0.219 e. The highest BCUT2D eigenvalue weighted by molar-refractivity contribution is 7.15. The molecule has 0 bridgehead atoms. The number of benzene rings is 1. The van der Waals surface area contributed by atoms with E-state index in [1.165, 1.54) is 11.3 Å². The molecule has 3 rings (SSSR count). The third-order valence-electron chi connectivity index (χ3n) is 3.89. The van der Waals surface area contributed by atoms with E-state index >= 15 is 0 Å². The quantitative estimate of drug-likeness (QED) is 0.857. The number of halogens is 3. The molecule has 2 aromatic rings. The summed E-state index contributed by atoms with van der Waals surface area (Å²) in [6, 6.07) is 4.22. The average molecular weight is 353 g/mol. The SMILES string of the molecule is N#Cc1nnc(NC2CCN(Cc3cc(F)c(F)c(F)c3)CC2)s1. The fourth-order valence-electron chi connectivity index (χ4n) is 2.69. The largest absolute Gasteiger partial charge is 0.357 e. The number of nitrogens with zero attached hydrogens (tertiary/aromatic N) is 4. The number of nitrogens with one attached hydrogen (secondary N) is 1. The van der Waals surface area contributed by atoms with E-state index in [-0.39, 0.29) is 6.04 Å². The Kier molecular flexibility index (Phi) is 4.97. The summed E-state index contributed by atoms with van der Waals surface area (Å²) in [6.07, 6.45) is 1.65. The van der Waals surface area contributed by atoms with Gasteiger partial charge in [0.15, 0.2) is 17.5 Å². The molecule has 1 saturated heterocycles. The first-order chi connectivity index (χ1) is 11.5. The topological polar surface area (TPSA) is 64.8 Å². The molecule has 1 aliphatic heterocycles. The highest BCUT2D eigenvalue weighted by Crippen LogP contribution is 2.21. The molecular weight excluding hydrogens is 339 g/mol. The van der Waals surface area contributed by atoms with E-state index in [0.717, 1.165) is 38.1 Å². The Morgan fingerprint density at radius 3 is 2.46 bits per heavy atom. The van der Waals surface area contributed by atoms with Gasteiger partial charge in [0.25, 0.3) is 0 Å². The Hall–Kier alpha value is -2.18. The Balaban J connectivity index is 1.53. The maximum atomic E-state index is 13.3. The maximum Gasteiger partial charge on any atom is 0.219 e. The molecule has 0 unspecified atom stereocenters. The first kappa shape index (κ1) is 16.7. The first-order valence-corrected chi connectivity index (χ1v) is 8.22. The minimum absolute atomic E-state index is 0.211. The van der Waals surface area contributed by atoms with Crippen LogP contribution in [-0.2, 0) is 6.54 Å². The van der Waals surface area contributed by atoms with Crippen molar-refractivity contribution in [2.75, 3.05) is 18.4 Å². The van der Waals surface area contributed by atoms with E-state index in [0.29, 0.717) is 22.2 Å². The van der Waals surface area contributed by atoms with Gasteiger partial charge >= 0.3 is 0 Å². The molecule has 1 N–H and O–H groups in total. The lowest BCUT2D eigenvalue weighted by molar-refractivity contribution is 0.210. The molecule has 0 spiro atoms. The van der Waals surface area contributed by atoms with Crippen LogP contribution in [0.15, 0.2) is 12.1 Å². The van der Waals surface area contributed by atoms with Crippen molar-refractivity contribution in [3.8, 4) is 6.07 Å². The number of nitriles is 1. The van der Waals surface area contributed by atoms with Crippen molar-refractivity contribution in [3.63, 3.8) is 0 Å². The van der Waals surface area contributed by atoms with Gasteiger partial charge < -0.3 is 5.32 Å². The van der Waals surface area contributed by atoms with Crippen LogP contribution in [0.5, 0.6) is 0 Å². The summed E-state index contributed by atoms with van der Waals surface area (Å²) < 4.78 is 39.5. The van der Waals surface area contributed by atoms with Gasteiger partial charge in [-0.15, -0.1) is 10.2 Å². The third kappa shape index (κ3) is 3.83. The van der Waals surface area contributed by atoms with E-state index in [4.69, 9.17) is 5.26 Å². The number of anilines is 1. The number of piperidine rings is 1. The Morgan fingerprint density at radius 1 is 1.21 bits per heavy atom. The van der Waals surface area contributed by atoms with E-state index in [9.17, 15) is 13.2 Å². The lowest BCUT2D eigenvalue weighted by Crippen LogP contribution is -2.38. The number of rotatable bonds is 4.